The van der Waals surface area contributed by atoms with E-state index in [1.54, 1.807) is 6.33 Å². The Balaban J connectivity index is 2.08. The van der Waals surface area contributed by atoms with Crippen LogP contribution in [0.3, 0.4) is 0 Å². The van der Waals surface area contributed by atoms with Crippen LogP contribution >= 0.6 is 0 Å². The van der Waals surface area contributed by atoms with Crippen molar-refractivity contribution in [1.29, 1.82) is 0 Å². The quantitative estimate of drug-likeness (QED) is 0.746. The van der Waals surface area contributed by atoms with Crippen molar-refractivity contribution < 1.29 is 0 Å². The number of benzene rings is 1. The molecule has 0 bridgehead atoms. The van der Waals surface area contributed by atoms with E-state index in [2.05, 4.69) is 41.2 Å². The van der Waals surface area contributed by atoms with Crippen LogP contribution in [0.25, 0.3) is 11.6 Å². The summed E-state index contributed by atoms with van der Waals surface area (Å²) in [5.74, 6) is 0. The maximum atomic E-state index is 4.06. The molecular formula is C13H12N2. The monoisotopic (exact) mass is 196 g/mol. The molecule has 0 atom stereocenters. The maximum absolute atomic E-state index is 4.06. The lowest BCUT2D eigenvalue weighted by molar-refractivity contribution is 1.25. The highest BCUT2D eigenvalue weighted by atomic mass is 14.9. The van der Waals surface area contributed by atoms with Gasteiger partial charge in [-0.25, -0.2) is 4.98 Å². The van der Waals surface area contributed by atoms with Crippen molar-refractivity contribution in [3.8, 4) is 0 Å². The van der Waals surface area contributed by atoms with Gasteiger partial charge in [0.2, 0.25) is 0 Å². The highest BCUT2D eigenvalue weighted by Crippen LogP contribution is 2.32. The van der Waals surface area contributed by atoms with Gasteiger partial charge in [-0.1, -0.05) is 18.2 Å². The minimum absolute atomic E-state index is 1.01. The fraction of sp³-hybridized carbons (Fsp3) is 0.154. The van der Waals surface area contributed by atoms with Gasteiger partial charge in [0.05, 0.1) is 18.2 Å². The number of fused-ring (bicyclic) bond motifs is 1. The minimum atomic E-state index is 1.01. The third-order valence-electron chi connectivity index (χ3n) is 2.96. The zero-order valence-electron chi connectivity index (χ0n) is 8.62. The van der Waals surface area contributed by atoms with Crippen LogP contribution in [-0.2, 0) is 6.42 Å². The number of allylic oxidation sites excluding steroid dienone is 1. The number of hydrogen-bond acceptors (Lipinski definition) is 1. The summed E-state index contributed by atoms with van der Waals surface area (Å²) in [5.41, 5.74) is 6.60. The number of rotatable bonds is 1. The van der Waals surface area contributed by atoms with Gasteiger partial charge >= 0.3 is 0 Å². The number of nitrogens with one attached hydrogen (secondary N) is 1. The number of nitrogens with zero attached hydrogens (tertiary/aromatic N) is 1. The molecule has 1 aliphatic carbocycles. The molecule has 1 heterocycles. The molecule has 3 rings (SSSR count). The van der Waals surface area contributed by atoms with E-state index >= 15 is 0 Å². The Bertz CT molecular complexity index is 521. The molecule has 2 aromatic rings. The average Bonchev–Trinajstić information content (AvgIpc) is 2.86. The SMILES string of the molecule is Cc1cccc2c1C=C(c1cnc[nH]1)C2. The molecule has 15 heavy (non-hydrogen) atoms. The first-order valence-corrected chi connectivity index (χ1v) is 5.12. The molecule has 0 aliphatic heterocycles. The van der Waals surface area contributed by atoms with Crippen LogP contribution in [0, 0.1) is 6.92 Å². The van der Waals surface area contributed by atoms with Crippen LogP contribution in [0.4, 0.5) is 0 Å². The molecule has 74 valence electrons. The number of aromatic nitrogens is 2. The van der Waals surface area contributed by atoms with E-state index in [4.69, 9.17) is 0 Å². The number of H-pyrrole nitrogens is 1. The summed E-state index contributed by atoms with van der Waals surface area (Å²) in [6, 6.07) is 6.48. The van der Waals surface area contributed by atoms with Gasteiger partial charge in [0.1, 0.15) is 0 Å². The molecule has 0 fully saturated rings. The van der Waals surface area contributed by atoms with E-state index in [-0.39, 0.29) is 0 Å². The second kappa shape index (κ2) is 3.09. The van der Waals surface area contributed by atoms with Crippen molar-refractivity contribution in [1.82, 2.24) is 9.97 Å². The Hall–Kier alpha value is -1.83. The van der Waals surface area contributed by atoms with E-state index in [0.29, 0.717) is 0 Å². The zero-order chi connectivity index (χ0) is 10.3. The van der Waals surface area contributed by atoms with Crippen molar-refractivity contribution in [3.05, 3.63) is 53.1 Å². The highest BCUT2D eigenvalue weighted by molar-refractivity contribution is 5.88. The predicted molar refractivity (Wildman–Crippen MR) is 61.3 cm³/mol. The van der Waals surface area contributed by atoms with E-state index in [0.717, 1.165) is 12.1 Å². The van der Waals surface area contributed by atoms with Crippen LogP contribution in [-0.4, -0.2) is 9.97 Å². The highest BCUT2D eigenvalue weighted by Gasteiger charge is 2.15. The number of imidazole rings is 1. The van der Waals surface area contributed by atoms with E-state index in [1.165, 1.54) is 22.3 Å². The van der Waals surface area contributed by atoms with Crippen LogP contribution in [0.5, 0.6) is 0 Å². The second-order valence-corrected chi connectivity index (χ2v) is 3.96. The van der Waals surface area contributed by atoms with Gasteiger partial charge in [0, 0.05) is 6.42 Å². The van der Waals surface area contributed by atoms with Crippen molar-refractivity contribution in [2.45, 2.75) is 13.3 Å². The lowest BCUT2D eigenvalue weighted by Gasteiger charge is -2.00. The maximum Gasteiger partial charge on any atom is 0.0924 e. The van der Waals surface area contributed by atoms with Gasteiger partial charge in [-0.2, -0.15) is 0 Å². The van der Waals surface area contributed by atoms with Gasteiger partial charge in [-0.05, 0) is 35.3 Å². The normalized spacial score (nSPS) is 13.8. The lowest BCUT2D eigenvalue weighted by Crippen LogP contribution is -1.86. The van der Waals surface area contributed by atoms with E-state index in [1.807, 2.05) is 6.20 Å². The van der Waals surface area contributed by atoms with Crippen LogP contribution < -0.4 is 0 Å². The van der Waals surface area contributed by atoms with Gasteiger partial charge < -0.3 is 4.98 Å². The molecule has 1 aromatic heterocycles. The summed E-state index contributed by atoms with van der Waals surface area (Å²) in [6.45, 7) is 2.16. The van der Waals surface area contributed by atoms with Crippen LogP contribution in [0.15, 0.2) is 30.7 Å². The molecule has 1 aromatic carbocycles. The lowest BCUT2D eigenvalue weighted by atomic mass is 10.0. The van der Waals surface area contributed by atoms with E-state index in [9.17, 15) is 0 Å². The summed E-state index contributed by atoms with van der Waals surface area (Å²) in [6.07, 6.45) is 6.89. The van der Waals surface area contributed by atoms with Crippen molar-refractivity contribution in [2.75, 3.05) is 0 Å². The first-order chi connectivity index (χ1) is 7.34. The Morgan fingerprint density at radius 3 is 3.00 bits per heavy atom. The standard InChI is InChI=1S/C13H12N2/c1-9-3-2-4-10-5-11(6-12(9)10)13-7-14-8-15-13/h2-4,6-8H,5H2,1H3,(H,14,15). The molecule has 1 aliphatic rings. The summed E-state index contributed by atoms with van der Waals surface area (Å²) in [5, 5.41) is 0. The summed E-state index contributed by atoms with van der Waals surface area (Å²) < 4.78 is 0. The molecule has 2 heteroatoms. The predicted octanol–water partition coefficient (Wildman–Crippen LogP) is 2.81. The topological polar surface area (TPSA) is 28.7 Å². The fourth-order valence-electron chi connectivity index (χ4n) is 2.14. The average molecular weight is 196 g/mol. The van der Waals surface area contributed by atoms with Gasteiger partial charge in [0.15, 0.2) is 0 Å². The Morgan fingerprint density at radius 1 is 1.33 bits per heavy atom. The van der Waals surface area contributed by atoms with Crippen molar-refractivity contribution >= 4 is 11.6 Å². The largest absolute Gasteiger partial charge is 0.345 e. The molecular weight excluding hydrogens is 184 g/mol. The Kier molecular flexibility index (Phi) is 1.75. The van der Waals surface area contributed by atoms with Crippen LogP contribution in [0.1, 0.15) is 22.4 Å². The molecule has 2 nitrogen and oxygen atoms in total. The van der Waals surface area contributed by atoms with E-state index < -0.39 is 0 Å². The molecule has 0 radical (unpaired) electrons. The second-order valence-electron chi connectivity index (χ2n) is 3.96. The smallest absolute Gasteiger partial charge is 0.0924 e. The van der Waals surface area contributed by atoms with Crippen molar-refractivity contribution in [2.24, 2.45) is 0 Å². The molecule has 0 spiro atoms. The number of aromatic amines is 1. The number of hydrogen-bond donors (Lipinski definition) is 1. The first-order valence-electron chi connectivity index (χ1n) is 5.12. The van der Waals surface area contributed by atoms with Gasteiger partial charge in [-0.3, -0.25) is 0 Å². The minimum Gasteiger partial charge on any atom is -0.345 e. The molecule has 0 unspecified atom stereocenters. The third kappa shape index (κ3) is 1.30. The Morgan fingerprint density at radius 2 is 2.27 bits per heavy atom. The summed E-state index contributed by atoms with van der Waals surface area (Å²) in [4.78, 5) is 7.21. The molecule has 0 amide bonds. The van der Waals surface area contributed by atoms with Gasteiger partial charge in [0.25, 0.3) is 0 Å². The van der Waals surface area contributed by atoms with Gasteiger partial charge in [-0.15, -0.1) is 0 Å². The summed E-state index contributed by atoms with van der Waals surface area (Å²) >= 11 is 0. The molecule has 0 saturated carbocycles. The van der Waals surface area contributed by atoms with Crippen LogP contribution in [0.2, 0.25) is 0 Å². The molecule has 0 saturated heterocycles. The first kappa shape index (κ1) is 8.48. The molecule has 1 N–H and O–H groups in total. The summed E-state index contributed by atoms with van der Waals surface area (Å²) in [7, 11) is 0. The Labute approximate surface area is 88.7 Å². The number of aryl methyl sites for hydroxylation is 1. The third-order valence-corrected chi connectivity index (χ3v) is 2.96. The zero-order valence-corrected chi connectivity index (χ0v) is 8.62. The fourth-order valence-corrected chi connectivity index (χ4v) is 2.14. The van der Waals surface area contributed by atoms with Crippen molar-refractivity contribution in [3.63, 3.8) is 0 Å².